The zero-order valence-electron chi connectivity index (χ0n) is 46.9. The van der Waals surface area contributed by atoms with Crippen molar-refractivity contribution in [2.24, 2.45) is 0 Å². The highest BCUT2D eigenvalue weighted by Crippen LogP contribution is 2.46. The number of imide groups is 1. The molecule has 9 amide bonds. The van der Waals surface area contributed by atoms with Crippen molar-refractivity contribution in [3.05, 3.63) is 110 Å². The molecule has 4 aromatic rings. The van der Waals surface area contributed by atoms with Gasteiger partial charge in [0.1, 0.15) is 30.1 Å². The van der Waals surface area contributed by atoms with Crippen LogP contribution in [0.1, 0.15) is 111 Å². The van der Waals surface area contributed by atoms with Crippen molar-refractivity contribution >= 4 is 76.0 Å². The summed E-state index contributed by atoms with van der Waals surface area (Å²) in [6, 6.07) is 8.16. The number of esters is 2. The van der Waals surface area contributed by atoms with Crippen LogP contribution < -0.4 is 42.8 Å². The molecule has 0 unspecified atom stereocenters. The second kappa shape index (κ2) is 25.5. The largest absolute Gasteiger partial charge is 0.460 e. The first kappa shape index (κ1) is 60.9. The van der Waals surface area contributed by atoms with Crippen LogP contribution in [-0.2, 0) is 93.8 Å². The molecular formula is C58H65FN10O15. The SMILES string of the molecule is CC[C@@]1(O)C(=O)OCc2c1cc1n(c2=O)Cc2c-1nc1cc(F)c(C)c3c1c2[C@@H](NC(=O)CCCNC(=O)CNC(=O)[C@H](Cc1ccccc1)NC(=O)CNC(=O)CNC(=O)[C@H](CC(=O)OC(C)(C)C)NC(=O)CCN1C(=O)C=CC1=O)CC3. The monoisotopic (exact) mass is 1160 g/mol. The van der Waals surface area contributed by atoms with Crippen molar-refractivity contribution in [2.75, 3.05) is 32.7 Å². The lowest BCUT2D eigenvalue weighted by Gasteiger charge is -2.31. The summed E-state index contributed by atoms with van der Waals surface area (Å²) in [7, 11) is 0. The van der Waals surface area contributed by atoms with Crippen molar-refractivity contribution in [1.29, 1.82) is 0 Å². The van der Waals surface area contributed by atoms with E-state index in [9.17, 15) is 62.6 Å². The van der Waals surface area contributed by atoms with Gasteiger partial charge in [-0.1, -0.05) is 37.3 Å². The number of aliphatic hydroxyl groups is 1. The summed E-state index contributed by atoms with van der Waals surface area (Å²) < 4.78 is 27.4. The van der Waals surface area contributed by atoms with Crippen molar-refractivity contribution in [2.45, 2.75) is 128 Å². The fraction of sp³-hybridized carbons (Fsp3) is 0.431. The van der Waals surface area contributed by atoms with Crippen molar-refractivity contribution in [1.82, 2.24) is 51.7 Å². The minimum atomic E-state index is -2.06. The third kappa shape index (κ3) is 13.8. The zero-order chi connectivity index (χ0) is 60.8. The maximum Gasteiger partial charge on any atom is 0.343 e. The second-order valence-electron chi connectivity index (χ2n) is 21.8. The lowest BCUT2D eigenvalue weighted by Crippen LogP contribution is -2.53. The van der Waals surface area contributed by atoms with Crippen molar-refractivity contribution in [3.63, 3.8) is 0 Å². The normalized spacial score (nSPS) is 17.2. The van der Waals surface area contributed by atoms with Gasteiger partial charge in [0.2, 0.25) is 41.4 Å². The van der Waals surface area contributed by atoms with E-state index >= 15 is 4.39 Å². The summed E-state index contributed by atoms with van der Waals surface area (Å²) in [6.07, 6.45) is 1.95. The van der Waals surface area contributed by atoms with Gasteiger partial charge in [0, 0.05) is 67.1 Å². The number of rotatable bonds is 23. The number of cyclic esters (lactones) is 1. The summed E-state index contributed by atoms with van der Waals surface area (Å²) in [5.74, 6) is -8.56. The molecule has 0 fully saturated rings. The molecule has 2 aromatic heterocycles. The van der Waals surface area contributed by atoms with Crippen LogP contribution in [0.15, 0.2) is 59.4 Å². The van der Waals surface area contributed by atoms with Gasteiger partial charge >= 0.3 is 11.9 Å². The summed E-state index contributed by atoms with van der Waals surface area (Å²) in [4.78, 5) is 161. The van der Waals surface area contributed by atoms with Gasteiger partial charge in [0.25, 0.3) is 17.4 Å². The Bertz CT molecular complexity index is 3470. The standard InChI is InChI=1S/C58H65FN10O15/c1-6-58(82)35-22-41-52-33(28-69(41)55(80)34(35)29-83-56(58)81)51-37(15-14-32-30(2)36(59)23-38(67-52)50(32)51)64-42(70)13-10-19-60-44(72)25-62-53(78)39(21-31-11-8-7-9-12-31)66-46(74)27-61-45(73)26-63-54(79)40(24-49(77)84-57(3,4)5)65-43(71)18-20-68-47(75)16-17-48(68)76/h7-9,11-12,16-17,22-23,37,39-40,82H,6,10,13-15,18-21,24-29H2,1-5H3,(H,60,72)(H,61,73)(H,62,78)(H,63,79)(H,64,70)(H,65,71)(H,66,74)/t37-,39-,40-,58-/m0/s1. The van der Waals surface area contributed by atoms with E-state index in [4.69, 9.17) is 14.5 Å². The van der Waals surface area contributed by atoms with Crippen LogP contribution in [0.5, 0.6) is 0 Å². The van der Waals surface area contributed by atoms with Gasteiger partial charge in [-0.2, -0.15) is 0 Å². The summed E-state index contributed by atoms with van der Waals surface area (Å²) >= 11 is 0. The number of carbonyl (C=O) groups excluding carboxylic acids is 11. The first-order valence-corrected chi connectivity index (χ1v) is 27.4. The Balaban J connectivity index is 0.820. The average molecular weight is 1160 g/mol. The van der Waals surface area contributed by atoms with Crippen LogP contribution in [0.2, 0.25) is 0 Å². The molecule has 2 aromatic carbocycles. The molecule has 3 aliphatic heterocycles. The van der Waals surface area contributed by atoms with Crippen molar-refractivity contribution in [3.8, 4) is 11.4 Å². The minimum Gasteiger partial charge on any atom is -0.460 e. The van der Waals surface area contributed by atoms with Gasteiger partial charge in [-0.3, -0.25) is 57.6 Å². The maximum atomic E-state index is 15.4. The number of carbonyl (C=O) groups is 11. The fourth-order valence-corrected chi connectivity index (χ4v) is 10.5. The van der Waals surface area contributed by atoms with Crippen LogP contribution in [0.3, 0.4) is 0 Å². The molecule has 0 bridgehead atoms. The number of fused-ring (bicyclic) bond motifs is 5. The van der Waals surface area contributed by atoms with Crippen molar-refractivity contribution < 1.29 is 71.7 Å². The molecule has 0 spiro atoms. The molecule has 25 nitrogen and oxygen atoms in total. The maximum absolute atomic E-state index is 15.4. The first-order chi connectivity index (χ1) is 39.8. The molecule has 0 saturated heterocycles. The van der Waals surface area contributed by atoms with Gasteiger partial charge in [-0.25, -0.2) is 14.2 Å². The summed E-state index contributed by atoms with van der Waals surface area (Å²) in [5.41, 5.74) is 0.955. The van der Waals surface area contributed by atoms with E-state index < -0.39 is 132 Å². The lowest BCUT2D eigenvalue weighted by atomic mass is 9.81. The van der Waals surface area contributed by atoms with Gasteiger partial charge in [0.05, 0.1) is 61.1 Å². The van der Waals surface area contributed by atoms with E-state index in [0.29, 0.717) is 57.4 Å². The fourth-order valence-electron chi connectivity index (χ4n) is 10.5. The number of nitrogens with one attached hydrogen (secondary N) is 7. The number of aryl methyl sites for hydroxylation is 1. The predicted octanol–water partition coefficient (Wildman–Crippen LogP) is 0.135. The number of amides is 9. The number of ether oxygens (including phenoxy) is 2. The highest BCUT2D eigenvalue weighted by Gasteiger charge is 2.46. The predicted molar refractivity (Wildman–Crippen MR) is 295 cm³/mol. The first-order valence-electron chi connectivity index (χ1n) is 27.4. The number of pyridine rings is 2. The molecule has 4 aliphatic rings. The van der Waals surface area contributed by atoms with Crippen LogP contribution in [0.25, 0.3) is 22.3 Å². The molecule has 4 atom stereocenters. The summed E-state index contributed by atoms with van der Waals surface area (Å²) in [5, 5.41) is 29.8. The van der Waals surface area contributed by atoms with Gasteiger partial charge < -0.3 is 56.4 Å². The number of aromatic nitrogens is 2. The smallest absolute Gasteiger partial charge is 0.343 e. The molecule has 8 N–H and O–H groups in total. The van der Waals surface area contributed by atoms with Crippen LogP contribution in [0, 0.1) is 12.7 Å². The van der Waals surface area contributed by atoms with E-state index in [2.05, 4.69) is 37.2 Å². The molecule has 0 saturated carbocycles. The Labute approximate surface area is 480 Å². The molecule has 0 radical (unpaired) electrons. The topological polar surface area (TPSA) is 349 Å². The Morgan fingerprint density at radius 3 is 2.15 bits per heavy atom. The highest BCUT2D eigenvalue weighted by molar-refractivity contribution is 6.13. The molecule has 26 heteroatoms. The number of halogens is 1. The molecule has 444 valence electrons. The third-order valence-corrected chi connectivity index (χ3v) is 14.7. The Morgan fingerprint density at radius 2 is 1.48 bits per heavy atom. The van der Waals surface area contributed by atoms with Crippen LogP contribution in [-0.4, -0.2) is 135 Å². The molecule has 5 heterocycles. The number of nitrogens with zero attached hydrogens (tertiary/aromatic N) is 3. The van der Waals surface area contributed by atoms with Crippen LogP contribution >= 0.6 is 0 Å². The highest BCUT2D eigenvalue weighted by atomic mass is 19.1. The Kier molecular flexibility index (Phi) is 18.5. The van der Waals surface area contributed by atoms with E-state index in [-0.39, 0.29) is 69.0 Å². The quantitative estimate of drug-likeness (QED) is 0.0245. The van der Waals surface area contributed by atoms with Gasteiger partial charge in [0.15, 0.2) is 5.60 Å². The van der Waals surface area contributed by atoms with Gasteiger partial charge in [-0.05, 0) is 81.7 Å². The molecule has 8 rings (SSSR count). The lowest BCUT2D eigenvalue weighted by molar-refractivity contribution is -0.172. The Morgan fingerprint density at radius 1 is 0.821 bits per heavy atom. The number of hydrogen-bond acceptors (Lipinski definition) is 16. The number of benzene rings is 2. The molecular weight excluding hydrogens is 1100 g/mol. The minimum absolute atomic E-state index is 0.0173. The Hall–Kier alpha value is -9.20. The second-order valence-corrected chi connectivity index (χ2v) is 21.8. The third-order valence-electron chi connectivity index (χ3n) is 14.7. The van der Waals surface area contributed by atoms with E-state index in [0.717, 1.165) is 22.6 Å². The molecule has 1 aliphatic carbocycles. The van der Waals surface area contributed by atoms with Gasteiger partial charge in [-0.15, -0.1) is 0 Å². The average Bonchev–Trinajstić information content (AvgIpc) is 1.55. The number of hydrogen-bond donors (Lipinski definition) is 8. The summed E-state index contributed by atoms with van der Waals surface area (Å²) in [6.45, 7) is 5.65. The molecule has 84 heavy (non-hydrogen) atoms. The van der Waals surface area contributed by atoms with E-state index in [1.807, 2.05) is 0 Å². The van der Waals surface area contributed by atoms with E-state index in [1.165, 1.54) is 10.6 Å². The van der Waals surface area contributed by atoms with E-state index in [1.54, 1.807) is 71.0 Å². The zero-order valence-corrected chi connectivity index (χ0v) is 46.9. The van der Waals surface area contributed by atoms with Crippen LogP contribution in [0.4, 0.5) is 4.39 Å².